The van der Waals surface area contributed by atoms with Gasteiger partial charge in [0.15, 0.2) is 17.5 Å². The molecule has 2 aromatic rings. The quantitative estimate of drug-likeness (QED) is 0.443. The Morgan fingerprint density at radius 1 is 1.06 bits per heavy atom. The average molecular weight is 431 g/mol. The zero-order chi connectivity index (χ0) is 22.1. The summed E-state index contributed by atoms with van der Waals surface area (Å²) in [5.41, 5.74) is 0.916. The van der Waals surface area contributed by atoms with Gasteiger partial charge in [0.05, 0.1) is 40.2 Å². The highest BCUT2D eigenvalue weighted by Gasteiger charge is 2.25. The first-order chi connectivity index (χ1) is 15.2. The molecule has 0 bridgehead atoms. The molecule has 0 aliphatic carbocycles. The highest BCUT2D eigenvalue weighted by atomic mass is 16.5. The van der Waals surface area contributed by atoms with Gasteiger partial charge in [-0.15, -0.1) is 0 Å². The summed E-state index contributed by atoms with van der Waals surface area (Å²) in [5, 5.41) is 6.81. The van der Waals surface area contributed by atoms with Crippen LogP contribution in [0.4, 0.5) is 0 Å². The van der Waals surface area contributed by atoms with Crippen LogP contribution in [0.15, 0.2) is 39.9 Å². The average Bonchev–Trinajstić information content (AvgIpc) is 3.52. The number of methoxy groups -OCH3 is 3. The molecule has 1 aliphatic rings. The molecule has 0 spiro atoms. The number of nitrogens with one attached hydrogen (secondary N) is 2. The van der Waals surface area contributed by atoms with E-state index in [2.05, 4.69) is 22.5 Å². The number of ether oxygens (including phenoxy) is 3. The summed E-state index contributed by atoms with van der Waals surface area (Å²) in [5.74, 6) is 3.71. The van der Waals surface area contributed by atoms with Crippen LogP contribution in [0.5, 0.6) is 17.2 Å². The van der Waals surface area contributed by atoms with Crippen LogP contribution in [0, 0.1) is 0 Å². The van der Waals surface area contributed by atoms with E-state index in [1.807, 2.05) is 24.3 Å². The maximum absolute atomic E-state index is 5.72. The first-order valence-corrected chi connectivity index (χ1v) is 10.8. The summed E-state index contributed by atoms with van der Waals surface area (Å²) in [7, 11) is 4.87. The molecule has 1 aromatic carbocycles. The molecule has 8 heteroatoms. The maximum Gasteiger partial charge on any atom is 0.191 e. The Bertz CT molecular complexity index is 832. The van der Waals surface area contributed by atoms with Gasteiger partial charge in [-0.1, -0.05) is 0 Å². The molecule has 31 heavy (non-hydrogen) atoms. The summed E-state index contributed by atoms with van der Waals surface area (Å²) in [6.45, 7) is 6.15. The molecule has 2 heterocycles. The van der Waals surface area contributed by atoms with Gasteiger partial charge in [-0.05, 0) is 51.1 Å². The van der Waals surface area contributed by atoms with Crippen LogP contribution in [0.25, 0.3) is 0 Å². The van der Waals surface area contributed by atoms with E-state index >= 15 is 0 Å². The van der Waals surface area contributed by atoms with Crippen LogP contribution in [0.1, 0.15) is 37.1 Å². The number of guanidine groups is 1. The number of benzene rings is 1. The van der Waals surface area contributed by atoms with E-state index < -0.39 is 0 Å². The first kappa shape index (κ1) is 22.8. The second kappa shape index (κ2) is 11.5. The second-order valence-corrected chi connectivity index (χ2v) is 7.37. The Morgan fingerprint density at radius 2 is 1.77 bits per heavy atom. The van der Waals surface area contributed by atoms with Gasteiger partial charge in [0.25, 0.3) is 0 Å². The van der Waals surface area contributed by atoms with Gasteiger partial charge in [0.2, 0.25) is 0 Å². The van der Waals surface area contributed by atoms with Crippen molar-refractivity contribution in [2.24, 2.45) is 4.99 Å². The van der Waals surface area contributed by atoms with Crippen molar-refractivity contribution in [3.05, 3.63) is 41.9 Å². The second-order valence-electron chi connectivity index (χ2n) is 7.37. The van der Waals surface area contributed by atoms with Gasteiger partial charge in [-0.3, -0.25) is 4.90 Å². The molecule has 2 N–H and O–H groups in total. The molecule has 1 fully saturated rings. The van der Waals surface area contributed by atoms with Crippen LogP contribution < -0.4 is 24.8 Å². The lowest BCUT2D eigenvalue weighted by molar-refractivity contribution is 0.215. The van der Waals surface area contributed by atoms with Gasteiger partial charge in [-0.25, -0.2) is 4.99 Å². The Labute approximate surface area is 184 Å². The number of rotatable bonds is 10. The molecule has 1 unspecified atom stereocenters. The van der Waals surface area contributed by atoms with Gasteiger partial charge < -0.3 is 29.3 Å². The Hall–Kier alpha value is -2.87. The van der Waals surface area contributed by atoms with Crippen molar-refractivity contribution in [3.63, 3.8) is 0 Å². The van der Waals surface area contributed by atoms with Crippen molar-refractivity contribution >= 4 is 5.96 Å². The van der Waals surface area contributed by atoms with Crippen LogP contribution in [-0.2, 0) is 6.54 Å². The summed E-state index contributed by atoms with van der Waals surface area (Å²) >= 11 is 0. The SMILES string of the molecule is CCNC(=NCc1cc(OC)c(OC)cc1OC)NCC(c1ccco1)N1CCCC1. The molecule has 170 valence electrons. The number of furan rings is 1. The molecule has 0 saturated carbocycles. The lowest BCUT2D eigenvalue weighted by atomic mass is 10.1. The van der Waals surface area contributed by atoms with Gasteiger partial charge in [0, 0.05) is 24.7 Å². The summed E-state index contributed by atoms with van der Waals surface area (Å²) < 4.78 is 22.1. The highest BCUT2D eigenvalue weighted by molar-refractivity contribution is 5.79. The molecule has 1 atom stereocenters. The fraction of sp³-hybridized carbons (Fsp3) is 0.522. The molecular weight excluding hydrogens is 396 g/mol. The third kappa shape index (κ3) is 5.85. The number of hydrogen-bond donors (Lipinski definition) is 2. The number of nitrogens with zero attached hydrogens (tertiary/aromatic N) is 2. The summed E-state index contributed by atoms with van der Waals surface area (Å²) in [6, 6.07) is 7.90. The first-order valence-electron chi connectivity index (χ1n) is 10.8. The van der Waals surface area contributed by atoms with E-state index in [4.69, 9.17) is 23.6 Å². The summed E-state index contributed by atoms with van der Waals surface area (Å²) in [4.78, 5) is 7.24. The molecule has 1 aliphatic heterocycles. The Morgan fingerprint density at radius 3 is 2.39 bits per heavy atom. The lowest BCUT2D eigenvalue weighted by Gasteiger charge is -2.26. The Balaban J connectivity index is 1.74. The minimum Gasteiger partial charge on any atom is -0.496 e. The van der Waals surface area contributed by atoms with Crippen molar-refractivity contribution in [1.29, 1.82) is 0 Å². The molecule has 1 saturated heterocycles. The number of likely N-dealkylation sites (tertiary alicyclic amines) is 1. The molecule has 0 amide bonds. The van der Waals surface area contributed by atoms with Gasteiger partial charge >= 0.3 is 0 Å². The summed E-state index contributed by atoms with van der Waals surface area (Å²) in [6.07, 6.45) is 4.19. The molecule has 0 radical (unpaired) electrons. The van der Waals surface area contributed by atoms with Crippen LogP contribution in [0.2, 0.25) is 0 Å². The zero-order valence-corrected chi connectivity index (χ0v) is 18.9. The lowest BCUT2D eigenvalue weighted by Crippen LogP contribution is -2.42. The Kier molecular flexibility index (Phi) is 8.46. The van der Waals surface area contributed by atoms with Crippen molar-refractivity contribution in [2.75, 3.05) is 47.5 Å². The van der Waals surface area contributed by atoms with E-state index in [1.165, 1.54) is 12.8 Å². The molecule has 8 nitrogen and oxygen atoms in total. The monoisotopic (exact) mass is 430 g/mol. The van der Waals surface area contributed by atoms with E-state index in [1.54, 1.807) is 27.6 Å². The van der Waals surface area contributed by atoms with E-state index in [9.17, 15) is 0 Å². The van der Waals surface area contributed by atoms with Crippen molar-refractivity contribution in [3.8, 4) is 17.2 Å². The van der Waals surface area contributed by atoms with Crippen LogP contribution >= 0.6 is 0 Å². The van der Waals surface area contributed by atoms with E-state index in [-0.39, 0.29) is 6.04 Å². The predicted molar refractivity (Wildman–Crippen MR) is 121 cm³/mol. The van der Waals surface area contributed by atoms with Gasteiger partial charge in [-0.2, -0.15) is 0 Å². The topological polar surface area (TPSA) is 80.5 Å². The zero-order valence-electron chi connectivity index (χ0n) is 18.9. The predicted octanol–water partition coefficient (Wildman–Crippen LogP) is 3.20. The third-order valence-electron chi connectivity index (χ3n) is 5.45. The van der Waals surface area contributed by atoms with E-state index in [0.717, 1.165) is 36.9 Å². The standard InChI is InChI=1S/C23H34N4O4/c1-5-24-23(25-15-17-13-21(29-3)22(30-4)14-20(17)28-2)26-16-18(19-9-8-12-31-19)27-10-6-7-11-27/h8-9,12-14,18H,5-7,10-11,15-16H2,1-4H3,(H2,24,25,26). The third-order valence-corrected chi connectivity index (χ3v) is 5.45. The molecule has 1 aromatic heterocycles. The van der Waals surface area contributed by atoms with Crippen molar-refractivity contribution < 1.29 is 18.6 Å². The molecular formula is C23H34N4O4. The van der Waals surface area contributed by atoms with E-state index in [0.29, 0.717) is 30.3 Å². The maximum atomic E-state index is 5.72. The van der Waals surface area contributed by atoms with Crippen LogP contribution in [0.3, 0.4) is 0 Å². The normalized spacial score (nSPS) is 15.5. The fourth-order valence-electron chi connectivity index (χ4n) is 3.86. The fourth-order valence-corrected chi connectivity index (χ4v) is 3.86. The largest absolute Gasteiger partial charge is 0.496 e. The minimum absolute atomic E-state index is 0.178. The number of hydrogen-bond acceptors (Lipinski definition) is 6. The smallest absolute Gasteiger partial charge is 0.191 e. The van der Waals surface area contributed by atoms with Crippen molar-refractivity contribution in [2.45, 2.75) is 32.4 Å². The van der Waals surface area contributed by atoms with Crippen LogP contribution in [-0.4, -0.2) is 58.4 Å². The minimum atomic E-state index is 0.178. The van der Waals surface area contributed by atoms with Gasteiger partial charge in [0.1, 0.15) is 11.5 Å². The highest BCUT2D eigenvalue weighted by Crippen LogP contribution is 2.35. The molecule has 3 rings (SSSR count). The number of aliphatic imine (C=N–C) groups is 1. The van der Waals surface area contributed by atoms with Crippen molar-refractivity contribution in [1.82, 2.24) is 15.5 Å².